The number of nitrogens with zero attached hydrogens (tertiary/aromatic N) is 2. The number of rotatable bonds is 5. The smallest absolute Gasteiger partial charge is 0.0766 e. The van der Waals surface area contributed by atoms with Gasteiger partial charge in [0, 0.05) is 11.9 Å². The number of alkyl halides is 1. The maximum atomic E-state index is 4.71. The van der Waals surface area contributed by atoms with Crippen LogP contribution in [0.4, 0.5) is 0 Å². The average molecular weight is 378 g/mol. The van der Waals surface area contributed by atoms with E-state index in [4.69, 9.17) is 5.10 Å². The van der Waals surface area contributed by atoms with E-state index in [1.54, 1.807) is 0 Å². The lowest BCUT2D eigenvalue weighted by molar-refractivity contribution is 0.334. The summed E-state index contributed by atoms with van der Waals surface area (Å²) in [5.41, 5.74) is 3.06. The molecule has 0 spiro atoms. The molecule has 0 bridgehead atoms. The van der Waals surface area contributed by atoms with Crippen LogP contribution >= 0.6 is 31.9 Å². The van der Waals surface area contributed by atoms with Gasteiger partial charge in [-0.05, 0) is 54.0 Å². The van der Waals surface area contributed by atoms with E-state index in [2.05, 4.69) is 50.4 Å². The molecule has 4 heteroatoms. The highest BCUT2D eigenvalue weighted by atomic mass is 79.9. The van der Waals surface area contributed by atoms with E-state index in [9.17, 15) is 0 Å². The van der Waals surface area contributed by atoms with E-state index in [0.29, 0.717) is 5.41 Å². The van der Waals surface area contributed by atoms with Gasteiger partial charge in [-0.1, -0.05) is 35.7 Å². The molecule has 0 unspecified atom stereocenters. The van der Waals surface area contributed by atoms with Crippen LogP contribution < -0.4 is 0 Å². The van der Waals surface area contributed by atoms with Gasteiger partial charge in [-0.2, -0.15) is 5.10 Å². The number of aryl methyl sites for hydroxylation is 2. The van der Waals surface area contributed by atoms with Crippen molar-refractivity contribution in [3.05, 3.63) is 15.9 Å². The van der Waals surface area contributed by atoms with Crippen LogP contribution in [-0.4, -0.2) is 15.1 Å². The zero-order valence-electron chi connectivity index (χ0n) is 11.3. The van der Waals surface area contributed by atoms with Gasteiger partial charge in [-0.15, -0.1) is 0 Å². The van der Waals surface area contributed by atoms with Crippen molar-refractivity contribution in [2.45, 2.75) is 58.9 Å². The van der Waals surface area contributed by atoms with Gasteiger partial charge in [0.15, 0.2) is 0 Å². The standard InChI is InChI=1S/C14H22Br2N2/c1-3-11-13(16)12(18(4-2)17-11)9-14(10-15)7-5-6-8-14/h3-10H2,1-2H3. The van der Waals surface area contributed by atoms with E-state index in [0.717, 1.165) is 24.7 Å². The molecule has 1 aromatic rings. The maximum Gasteiger partial charge on any atom is 0.0766 e. The molecule has 0 aliphatic heterocycles. The molecule has 102 valence electrons. The predicted octanol–water partition coefficient (Wildman–Crippen LogP) is 4.73. The lowest BCUT2D eigenvalue weighted by Crippen LogP contribution is -2.23. The van der Waals surface area contributed by atoms with Gasteiger partial charge in [-0.3, -0.25) is 4.68 Å². The molecule has 2 rings (SSSR count). The Labute approximate surface area is 127 Å². The Balaban J connectivity index is 2.29. The first kappa shape index (κ1) is 14.6. The molecule has 0 amide bonds. The Morgan fingerprint density at radius 2 is 1.94 bits per heavy atom. The summed E-state index contributed by atoms with van der Waals surface area (Å²) in [6, 6.07) is 0. The number of halogens is 2. The van der Waals surface area contributed by atoms with Crippen LogP contribution in [0.3, 0.4) is 0 Å². The second-order valence-electron chi connectivity index (χ2n) is 5.39. The third-order valence-corrected chi connectivity index (χ3v) is 6.29. The molecule has 1 heterocycles. The van der Waals surface area contributed by atoms with Crippen molar-refractivity contribution in [3.8, 4) is 0 Å². The van der Waals surface area contributed by atoms with E-state index in [1.807, 2.05) is 0 Å². The van der Waals surface area contributed by atoms with Gasteiger partial charge in [0.2, 0.25) is 0 Å². The van der Waals surface area contributed by atoms with Gasteiger partial charge in [-0.25, -0.2) is 0 Å². The van der Waals surface area contributed by atoms with Crippen molar-refractivity contribution in [2.24, 2.45) is 5.41 Å². The third-order valence-electron chi connectivity index (χ3n) is 4.18. The molecule has 0 aromatic carbocycles. The van der Waals surface area contributed by atoms with Crippen molar-refractivity contribution in [1.82, 2.24) is 9.78 Å². The summed E-state index contributed by atoms with van der Waals surface area (Å²) >= 11 is 7.51. The highest BCUT2D eigenvalue weighted by Crippen LogP contribution is 2.43. The Bertz CT molecular complexity index is 406. The van der Waals surface area contributed by atoms with Crippen molar-refractivity contribution in [1.29, 1.82) is 0 Å². The number of hydrogen-bond donors (Lipinski definition) is 0. The van der Waals surface area contributed by atoms with Crippen LogP contribution in [0.2, 0.25) is 0 Å². The Morgan fingerprint density at radius 1 is 1.28 bits per heavy atom. The summed E-state index contributed by atoms with van der Waals surface area (Å²) in [5.74, 6) is 0. The molecule has 0 N–H and O–H groups in total. The highest BCUT2D eigenvalue weighted by molar-refractivity contribution is 9.10. The molecule has 1 saturated carbocycles. The van der Waals surface area contributed by atoms with Crippen LogP contribution in [0.15, 0.2) is 4.47 Å². The summed E-state index contributed by atoms with van der Waals surface area (Å²) in [6.45, 7) is 5.32. The molecule has 1 aliphatic carbocycles. The van der Waals surface area contributed by atoms with Crippen LogP contribution in [0.5, 0.6) is 0 Å². The van der Waals surface area contributed by atoms with Gasteiger partial charge < -0.3 is 0 Å². The van der Waals surface area contributed by atoms with E-state index in [-0.39, 0.29) is 0 Å². The summed E-state index contributed by atoms with van der Waals surface area (Å²) in [7, 11) is 0. The van der Waals surface area contributed by atoms with Crippen molar-refractivity contribution in [2.75, 3.05) is 5.33 Å². The topological polar surface area (TPSA) is 17.8 Å². The molecule has 1 fully saturated rings. The summed E-state index contributed by atoms with van der Waals surface area (Å²) in [6.07, 6.45) is 7.61. The molecule has 1 aromatic heterocycles. The molecule has 0 radical (unpaired) electrons. The fourth-order valence-corrected chi connectivity index (χ4v) is 4.49. The first-order valence-corrected chi connectivity index (χ1v) is 8.87. The lowest BCUT2D eigenvalue weighted by Gasteiger charge is -2.27. The fraction of sp³-hybridized carbons (Fsp3) is 0.786. The molecule has 2 nitrogen and oxygen atoms in total. The van der Waals surface area contributed by atoms with Crippen molar-refractivity contribution < 1.29 is 0 Å². The Kier molecular flexibility index (Phi) is 4.92. The molecular weight excluding hydrogens is 356 g/mol. The first-order chi connectivity index (χ1) is 8.65. The SMILES string of the molecule is CCc1nn(CC)c(CC2(CBr)CCCC2)c1Br. The summed E-state index contributed by atoms with van der Waals surface area (Å²) in [4.78, 5) is 0. The number of hydrogen-bond acceptors (Lipinski definition) is 1. The zero-order valence-corrected chi connectivity index (χ0v) is 14.5. The van der Waals surface area contributed by atoms with Crippen LogP contribution in [0, 0.1) is 5.41 Å². The highest BCUT2D eigenvalue weighted by Gasteiger charge is 2.35. The Morgan fingerprint density at radius 3 is 2.44 bits per heavy atom. The van der Waals surface area contributed by atoms with Crippen molar-refractivity contribution in [3.63, 3.8) is 0 Å². The minimum Gasteiger partial charge on any atom is -0.268 e. The average Bonchev–Trinajstić information content (AvgIpc) is 2.97. The minimum absolute atomic E-state index is 0.459. The second-order valence-corrected chi connectivity index (χ2v) is 6.75. The van der Waals surface area contributed by atoms with Gasteiger partial charge >= 0.3 is 0 Å². The summed E-state index contributed by atoms with van der Waals surface area (Å²) in [5, 5.41) is 5.82. The maximum absolute atomic E-state index is 4.71. The quantitative estimate of drug-likeness (QED) is 0.678. The van der Waals surface area contributed by atoms with E-state index in [1.165, 1.54) is 41.5 Å². The zero-order chi connectivity index (χ0) is 13.2. The first-order valence-electron chi connectivity index (χ1n) is 6.96. The van der Waals surface area contributed by atoms with Crippen LogP contribution in [-0.2, 0) is 19.4 Å². The molecule has 18 heavy (non-hydrogen) atoms. The van der Waals surface area contributed by atoms with Gasteiger partial charge in [0.25, 0.3) is 0 Å². The van der Waals surface area contributed by atoms with E-state index >= 15 is 0 Å². The second kappa shape index (κ2) is 6.08. The largest absolute Gasteiger partial charge is 0.268 e. The Hall–Kier alpha value is 0.170. The van der Waals surface area contributed by atoms with Crippen molar-refractivity contribution >= 4 is 31.9 Å². The monoisotopic (exact) mass is 376 g/mol. The predicted molar refractivity (Wildman–Crippen MR) is 83.4 cm³/mol. The third kappa shape index (κ3) is 2.69. The minimum atomic E-state index is 0.459. The normalized spacial score (nSPS) is 18.4. The van der Waals surface area contributed by atoms with Gasteiger partial charge in [0.05, 0.1) is 15.9 Å². The lowest BCUT2D eigenvalue weighted by atomic mass is 9.83. The van der Waals surface area contributed by atoms with Crippen LogP contribution in [0.25, 0.3) is 0 Å². The molecule has 0 saturated heterocycles. The van der Waals surface area contributed by atoms with E-state index < -0.39 is 0 Å². The number of aromatic nitrogens is 2. The molecule has 1 aliphatic rings. The fourth-order valence-electron chi connectivity index (χ4n) is 3.02. The van der Waals surface area contributed by atoms with Crippen LogP contribution in [0.1, 0.15) is 50.9 Å². The van der Waals surface area contributed by atoms with Gasteiger partial charge in [0.1, 0.15) is 0 Å². The summed E-state index contributed by atoms with van der Waals surface area (Å²) < 4.78 is 3.44. The molecule has 0 atom stereocenters. The molecular formula is C14H22Br2N2.